The zero-order chi connectivity index (χ0) is 12.9. The summed E-state index contributed by atoms with van der Waals surface area (Å²) in [5.41, 5.74) is 0.724. The predicted molar refractivity (Wildman–Crippen MR) is 72.1 cm³/mol. The maximum Gasteiger partial charge on any atom is 0.240 e. The summed E-state index contributed by atoms with van der Waals surface area (Å²) in [6.45, 7) is 3.83. The number of benzene rings is 1. The lowest BCUT2D eigenvalue weighted by molar-refractivity contribution is 0.582. The lowest BCUT2D eigenvalue weighted by atomic mass is 10.2. The SMILES string of the molecule is CC#CCCNS(=O)(=O)c1cc(Br)ccc1C. The molecule has 0 amide bonds. The maximum atomic E-state index is 12.0. The molecule has 0 aliphatic heterocycles. The molecule has 17 heavy (non-hydrogen) atoms. The molecule has 0 radical (unpaired) electrons. The fourth-order valence-electron chi connectivity index (χ4n) is 1.31. The highest BCUT2D eigenvalue weighted by atomic mass is 79.9. The Hall–Kier alpha value is -0.830. The smallest absolute Gasteiger partial charge is 0.210 e. The summed E-state index contributed by atoms with van der Waals surface area (Å²) < 4.78 is 27.3. The van der Waals surface area contributed by atoms with Crippen LogP contribution in [0, 0.1) is 18.8 Å². The van der Waals surface area contributed by atoms with Gasteiger partial charge in [0.2, 0.25) is 10.0 Å². The van der Waals surface area contributed by atoms with Crippen LogP contribution in [0.4, 0.5) is 0 Å². The molecule has 1 rings (SSSR count). The second-order valence-electron chi connectivity index (χ2n) is 3.48. The molecule has 3 nitrogen and oxygen atoms in total. The number of halogens is 1. The number of nitrogens with one attached hydrogen (secondary N) is 1. The van der Waals surface area contributed by atoms with Gasteiger partial charge in [0.15, 0.2) is 0 Å². The zero-order valence-electron chi connectivity index (χ0n) is 9.75. The number of sulfonamides is 1. The molecule has 92 valence electrons. The van der Waals surface area contributed by atoms with E-state index in [1.165, 1.54) is 0 Å². The lowest BCUT2D eigenvalue weighted by Crippen LogP contribution is -2.25. The standard InChI is InChI=1S/C12H14BrNO2S/c1-3-4-5-8-14-17(15,16)12-9-11(13)7-6-10(12)2/h6-7,9,14H,5,8H2,1-2H3. The minimum absolute atomic E-state index is 0.302. The Morgan fingerprint density at radius 1 is 1.41 bits per heavy atom. The summed E-state index contributed by atoms with van der Waals surface area (Å²) in [6, 6.07) is 5.19. The molecule has 0 aromatic heterocycles. The van der Waals surface area contributed by atoms with E-state index in [-0.39, 0.29) is 0 Å². The highest BCUT2D eigenvalue weighted by Gasteiger charge is 2.15. The van der Waals surface area contributed by atoms with E-state index in [1.807, 2.05) is 6.07 Å². The van der Waals surface area contributed by atoms with Crippen LogP contribution in [0.2, 0.25) is 0 Å². The highest BCUT2D eigenvalue weighted by Crippen LogP contribution is 2.20. The molecular formula is C12H14BrNO2S. The monoisotopic (exact) mass is 315 g/mol. The van der Waals surface area contributed by atoms with Crippen molar-refractivity contribution in [3.63, 3.8) is 0 Å². The van der Waals surface area contributed by atoms with Crippen LogP contribution in [-0.4, -0.2) is 15.0 Å². The molecule has 1 N–H and O–H groups in total. The van der Waals surface area contributed by atoms with Crippen LogP contribution in [0.1, 0.15) is 18.9 Å². The Bertz CT molecular complexity index is 556. The Labute approximate surface area is 111 Å². The van der Waals surface area contributed by atoms with Gasteiger partial charge in [0.25, 0.3) is 0 Å². The quantitative estimate of drug-likeness (QED) is 0.685. The molecule has 0 saturated heterocycles. The van der Waals surface area contributed by atoms with Crippen molar-refractivity contribution in [2.75, 3.05) is 6.54 Å². The van der Waals surface area contributed by atoms with Gasteiger partial charge in [-0.2, -0.15) is 0 Å². The van der Waals surface area contributed by atoms with Crippen LogP contribution in [0.5, 0.6) is 0 Å². The Balaban J connectivity index is 2.88. The number of hydrogen-bond acceptors (Lipinski definition) is 2. The van der Waals surface area contributed by atoms with Crippen LogP contribution >= 0.6 is 15.9 Å². The van der Waals surface area contributed by atoms with Gasteiger partial charge < -0.3 is 0 Å². The molecule has 0 bridgehead atoms. The van der Waals surface area contributed by atoms with Gasteiger partial charge in [-0.25, -0.2) is 13.1 Å². The van der Waals surface area contributed by atoms with E-state index in [4.69, 9.17) is 0 Å². The van der Waals surface area contributed by atoms with Crippen molar-refractivity contribution >= 4 is 26.0 Å². The first-order valence-corrected chi connectivity index (χ1v) is 7.40. The van der Waals surface area contributed by atoms with Crippen LogP contribution in [-0.2, 0) is 10.0 Å². The predicted octanol–water partition coefficient (Wildman–Crippen LogP) is 2.45. The van der Waals surface area contributed by atoms with Crippen molar-refractivity contribution in [2.45, 2.75) is 25.2 Å². The summed E-state index contributed by atoms with van der Waals surface area (Å²) in [6.07, 6.45) is 0.517. The zero-order valence-corrected chi connectivity index (χ0v) is 12.2. The third-order valence-electron chi connectivity index (χ3n) is 2.16. The second kappa shape index (κ2) is 6.20. The normalized spacial score (nSPS) is 10.8. The van der Waals surface area contributed by atoms with E-state index in [2.05, 4.69) is 32.5 Å². The van der Waals surface area contributed by atoms with Gasteiger partial charge in [0, 0.05) is 17.4 Å². The van der Waals surface area contributed by atoms with Crippen molar-refractivity contribution < 1.29 is 8.42 Å². The summed E-state index contributed by atoms with van der Waals surface area (Å²) in [4.78, 5) is 0.302. The number of rotatable bonds is 4. The Kier molecular flexibility index (Phi) is 5.19. The molecule has 0 heterocycles. The first kappa shape index (κ1) is 14.2. The lowest BCUT2D eigenvalue weighted by Gasteiger charge is -2.08. The van der Waals surface area contributed by atoms with E-state index in [9.17, 15) is 8.42 Å². The minimum Gasteiger partial charge on any atom is -0.210 e. The average molecular weight is 316 g/mol. The van der Waals surface area contributed by atoms with Gasteiger partial charge in [-0.1, -0.05) is 22.0 Å². The molecule has 0 aliphatic rings. The summed E-state index contributed by atoms with van der Waals surface area (Å²) in [5, 5.41) is 0. The topological polar surface area (TPSA) is 46.2 Å². The van der Waals surface area contributed by atoms with Crippen molar-refractivity contribution in [1.82, 2.24) is 4.72 Å². The number of aryl methyl sites for hydroxylation is 1. The first-order valence-electron chi connectivity index (χ1n) is 5.13. The molecule has 5 heteroatoms. The molecule has 0 unspecified atom stereocenters. The van der Waals surface area contributed by atoms with Crippen molar-refractivity contribution in [1.29, 1.82) is 0 Å². The average Bonchev–Trinajstić information content (AvgIpc) is 2.28. The van der Waals surface area contributed by atoms with E-state index >= 15 is 0 Å². The summed E-state index contributed by atoms with van der Waals surface area (Å²) in [7, 11) is -3.44. The number of hydrogen-bond donors (Lipinski definition) is 1. The molecule has 0 spiro atoms. The van der Waals surface area contributed by atoms with E-state index < -0.39 is 10.0 Å². The van der Waals surface area contributed by atoms with Crippen LogP contribution in [0.25, 0.3) is 0 Å². The Morgan fingerprint density at radius 2 is 2.12 bits per heavy atom. The van der Waals surface area contributed by atoms with Gasteiger partial charge in [0.1, 0.15) is 0 Å². The molecular weight excluding hydrogens is 302 g/mol. The van der Waals surface area contributed by atoms with Gasteiger partial charge in [-0.15, -0.1) is 11.8 Å². The fourth-order valence-corrected chi connectivity index (χ4v) is 3.13. The van der Waals surface area contributed by atoms with Crippen molar-refractivity contribution in [2.24, 2.45) is 0 Å². The fraction of sp³-hybridized carbons (Fsp3) is 0.333. The first-order chi connectivity index (χ1) is 7.97. The molecule has 1 aromatic carbocycles. The summed E-state index contributed by atoms with van der Waals surface area (Å²) in [5.74, 6) is 5.53. The van der Waals surface area contributed by atoms with Gasteiger partial charge in [-0.3, -0.25) is 0 Å². The van der Waals surface area contributed by atoms with Gasteiger partial charge in [-0.05, 0) is 31.5 Å². The summed E-state index contributed by atoms with van der Waals surface area (Å²) >= 11 is 3.27. The molecule has 0 aliphatic carbocycles. The Morgan fingerprint density at radius 3 is 2.76 bits per heavy atom. The second-order valence-corrected chi connectivity index (χ2v) is 6.14. The largest absolute Gasteiger partial charge is 0.240 e. The molecule has 0 atom stereocenters. The van der Waals surface area contributed by atoms with Crippen molar-refractivity contribution in [3.05, 3.63) is 28.2 Å². The van der Waals surface area contributed by atoms with E-state index in [1.54, 1.807) is 26.0 Å². The maximum absolute atomic E-state index is 12.0. The molecule has 0 saturated carbocycles. The highest BCUT2D eigenvalue weighted by molar-refractivity contribution is 9.10. The third-order valence-corrected chi connectivity index (χ3v) is 4.25. The van der Waals surface area contributed by atoms with Crippen LogP contribution in [0.15, 0.2) is 27.6 Å². The molecule has 0 fully saturated rings. The van der Waals surface area contributed by atoms with E-state index in [0.29, 0.717) is 17.9 Å². The van der Waals surface area contributed by atoms with Gasteiger partial charge in [0.05, 0.1) is 4.90 Å². The van der Waals surface area contributed by atoms with Crippen LogP contribution < -0.4 is 4.72 Å². The molecule has 1 aromatic rings. The third kappa shape index (κ3) is 4.15. The van der Waals surface area contributed by atoms with Crippen molar-refractivity contribution in [3.8, 4) is 11.8 Å². The van der Waals surface area contributed by atoms with Gasteiger partial charge >= 0.3 is 0 Å². The van der Waals surface area contributed by atoms with Crippen LogP contribution in [0.3, 0.4) is 0 Å². The van der Waals surface area contributed by atoms with E-state index in [0.717, 1.165) is 10.0 Å². The minimum atomic E-state index is -3.44.